The summed E-state index contributed by atoms with van der Waals surface area (Å²) in [5, 5.41) is 2.57. The summed E-state index contributed by atoms with van der Waals surface area (Å²) in [4.78, 5) is 24.8. The second-order valence-corrected chi connectivity index (χ2v) is 4.00. The molecule has 0 unspecified atom stereocenters. The second kappa shape index (κ2) is 5.53. The Kier molecular flexibility index (Phi) is 3.82. The molecule has 0 bridgehead atoms. The summed E-state index contributed by atoms with van der Waals surface area (Å²) in [5.74, 6) is 0.535. The van der Waals surface area contributed by atoms with Gasteiger partial charge in [0.25, 0.3) is 0 Å². The lowest BCUT2D eigenvalue weighted by molar-refractivity contribution is -0.123. The Morgan fingerprint density at radius 2 is 2.22 bits per heavy atom. The van der Waals surface area contributed by atoms with Crippen LogP contribution >= 0.6 is 0 Å². The molecule has 1 aromatic rings. The fraction of sp³-hybridized carbons (Fsp3) is 0.385. The van der Waals surface area contributed by atoms with Crippen LogP contribution in [0, 0.1) is 0 Å². The van der Waals surface area contributed by atoms with Crippen LogP contribution < -0.4 is 15.0 Å². The Labute approximate surface area is 106 Å². The molecule has 0 atom stereocenters. The lowest BCUT2D eigenvalue weighted by atomic mass is 10.2. The largest absolute Gasteiger partial charge is 0.494 e. The van der Waals surface area contributed by atoms with Crippen molar-refractivity contribution in [2.75, 3.05) is 24.6 Å². The monoisotopic (exact) mass is 248 g/mol. The predicted molar refractivity (Wildman–Crippen MR) is 67.6 cm³/mol. The number of carbonyl (C=O) groups excluding carboxylic acids is 2. The molecule has 18 heavy (non-hydrogen) atoms. The first-order valence-electron chi connectivity index (χ1n) is 6.00. The normalized spacial score (nSPS) is 16.2. The molecule has 1 aromatic carbocycles. The van der Waals surface area contributed by atoms with Crippen molar-refractivity contribution in [3.63, 3.8) is 0 Å². The minimum atomic E-state index is -0.102. The van der Waals surface area contributed by atoms with E-state index in [1.54, 1.807) is 4.90 Å². The Bertz CT molecular complexity index is 459. The van der Waals surface area contributed by atoms with Gasteiger partial charge in [-0.05, 0) is 19.1 Å². The van der Waals surface area contributed by atoms with E-state index in [4.69, 9.17) is 4.74 Å². The maximum atomic E-state index is 11.9. The Hall–Kier alpha value is -2.04. The third-order valence-corrected chi connectivity index (χ3v) is 2.74. The molecule has 1 aliphatic heterocycles. The number of benzene rings is 1. The van der Waals surface area contributed by atoms with Crippen LogP contribution in [0.15, 0.2) is 24.3 Å². The minimum absolute atomic E-state index is 0.0533. The summed E-state index contributed by atoms with van der Waals surface area (Å²) in [7, 11) is 0. The lowest BCUT2D eigenvalue weighted by Crippen LogP contribution is -2.35. The minimum Gasteiger partial charge on any atom is -0.494 e. The van der Waals surface area contributed by atoms with Crippen LogP contribution in [0.2, 0.25) is 0 Å². The summed E-state index contributed by atoms with van der Waals surface area (Å²) in [6.45, 7) is 2.95. The molecule has 0 radical (unpaired) electrons. The average molecular weight is 248 g/mol. The first-order chi connectivity index (χ1) is 8.70. The van der Waals surface area contributed by atoms with E-state index in [0.717, 1.165) is 11.4 Å². The summed E-state index contributed by atoms with van der Waals surface area (Å²) >= 11 is 0. The molecule has 0 aromatic heterocycles. The van der Waals surface area contributed by atoms with Crippen molar-refractivity contribution >= 4 is 17.5 Å². The van der Waals surface area contributed by atoms with Crippen LogP contribution in [0.5, 0.6) is 5.75 Å². The number of nitrogens with zero attached hydrogens (tertiary/aromatic N) is 1. The fourth-order valence-corrected chi connectivity index (χ4v) is 1.88. The van der Waals surface area contributed by atoms with Gasteiger partial charge in [-0.2, -0.15) is 0 Å². The zero-order valence-corrected chi connectivity index (χ0v) is 10.3. The molecule has 1 N–H and O–H groups in total. The van der Waals surface area contributed by atoms with Crippen molar-refractivity contribution in [1.29, 1.82) is 0 Å². The van der Waals surface area contributed by atoms with Gasteiger partial charge in [-0.1, -0.05) is 6.07 Å². The number of nitrogens with one attached hydrogen (secondary N) is 1. The van der Waals surface area contributed by atoms with Crippen LogP contribution in [-0.2, 0) is 9.59 Å². The highest BCUT2D eigenvalue weighted by Gasteiger charge is 2.21. The molecular formula is C13H16N2O3. The predicted octanol–water partition coefficient (Wildman–Crippen LogP) is 0.938. The quantitative estimate of drug-likeness (QED) is 0.866. The van der Waals surface area contributed by atoms with Gasteiger partial charge in [0.2, 0.25) is 11.8 Å². The standard InChI is InChI=1S/C13H16N2O3/c1-2-18-11-5-3-4-10(8-11)15-7-6-12(16)14-9-13(15)17/h3-5,8H,2,6-7,9H2,1H3,(H,14,16). The van der Waals surface area contributed by atoms with Crippen LogP contribution in [0.3, 0.4) is 0 Å². The van der Waals surface area contributed by atoms with E-state index >= 15 is 0 Å². The maximum absolute atomic E-state index is 11.9. The highest BCUT2D eigenvalue weighted by Crippen LogP contribution is 2.22. The zero-order chi connectivity index (χ0) is 13.0. The SMILES string of the molecule is CCOc1cccc(N2CCC(=O)NCC2=O)c1. The molecule has 0 saturated carbocycles. The molecule has 2 rings (SSSR count). The van der Waals surface area contributed by atoms with Crippen LogP contribution in [0.25, 0.3) is 0 Å². The van der Waals surface area contributed by atoms with Crippen LogP contribution in [0.1, 0.15) is 13.3 Å². The molecule has 2 amide bonds. The highest BCUT2D eigenvalue weighted by molar-refractivity contribution is 5.98. The van der Waals surface area contributed by atoms with Crippen LogP contribution in [0.4, 0.5) is 5.69 Å². The van der Waals surface area contributed by atoms with E-state index in [1.165, 1.54) is 0 Å². The Morgan fingerprint density at radius 1 is 1.39 bits per heavy atom. The lowest BCUT2D eigenvalue weighted by Gasteiger charge is -2.20. The first-order valence-corrected chi connectivity index (χ1v) is 6.00. The molecule has 5 nitrogen and oxygen atoms in total. The molecule has 1 aliphatic rings. The Morgan fingerprint density at radius 3 is 3.00 bits per heavy atom. The topological polar surface area (TPSA) is 58.6 Å². The van der Waals surface area contributed by atoms with Crippen molar-refractivity contribution in [3.05, 3.63) is 24.3 Å². The number of ether oxygens (including phenoxy) is 1. The molecule has 0 spiro atoms. The molecule has 5 heteroatoms. The van der Waals surface area contributed by atoms with Gasteiger partial charge in [0, 0.05) is 24.7 Å². The van der Waals surface area contributed by atoms with Crippen molar-refractivity contribution in [3.8, 4) is 5.75 Å². The van der Waals surface area contributed by atoms with Crippen molar-refractivity contribution in [2.45, 2.75) is 13.3 Å². The van der Waals surface area contributed by atoms with E-state index in [0.29, 0.717) is 19.6 Å². The summed E-state index contributed by atoms with van der Waals surface area (Å²) in [6, 6.07) is 7.35. The van der Waals surface area contributed by atoms with Gasteiger partial charge in [0.05, 0.1) is 13.2 Å². The molecule has 1 fully saturated rings. The molecule has 0 aliphatic carbocycles. The van der Waals surface area contributed by atoms with Gasteiger partial charge in [-0.25, -0.2) is 0 Å². The van der Waals surface area contributed by atoms with E-state index in [-0.39, 0.29) is 18.4 Å². The number of anilines is 1. The van der Waals surface area contributed by atoms with Gasteiger partial charge in [0.1, 0.15) is 5.75 Å². The van der Waals surface area contributed by atoms with Gasteiger partial charge >= 0.3 is 0 Å². The second-order valence-electron chi connectivity index (χ2n) is 4.00. The third kappa shape index (κ3) is 2.80. The summed E-state index contributed by atoms with van der Waals surface area (Å²) in [5.41, 5.74) is 0.766. The van der Waals surface area contributed by atoms with Crippen molar-refractivity contribution in [1.82, 2.24) is 5.32 Å². The highest BCUT2D eigenvalue weighted by atomic mass is 16.5. The van der Waals surface area contributed by atoms with Gasteiger partial charge in [0.15, 0.2) is 0 Å². The summed E-state index contributed by atoms with van der Waals surface area (Å²) < 4.78 is 5.40. The number of hydrogen-bond donors (Lipinski definition) is 1. The van der Waals surface area contributed by atoms with Crippen molar-refractivity contribution < 1.29 is 14.3 Å². The number of carbonyl (C=O) groups is 2. The fourth-order valence-electron chi connectivity index (χ4n) is 1.88. The molecular weight excluding hydrogens is 232 g/mol. The van der Waals surface area contributed by atoms with E-state index in [2.05, 4.69) is 5.32 Å². The summed E-state index contributed by atoms with van der Waals surface area (Å²) in [6.07, 6.45) is 0.324. The molecule has 1 heterocycles. The first kappa shape index (κ1) is 12.4. The smallest absolute Gasteiger partial charge is 0.246 e. The van der Waals surface area contributed by atoms with Gasteiger partial charge in [-0.3, -0.25) is 9.59 Å². The van der Waals surface area contributed by atoms with Crippen molar-refractivity contribution in [2.24, 2.45) is 0 Å². The van der Waals surface area contributed by atoms with Crippen LogP contribution in [-0.4, -0.2) is 31.5 Å². The van der Waals surface area contributed by atoms with Gasteiger partial charge < -0.3 is 15.0 Å². The maximum Gasteiger partial charge on any atom is 0.246 e. The molecule has 96 valence electrons. The zero-order valence-electron chi connectivity index (χ0n) is 10.3. The molecule has 1 saturated heterocycles. The van der Waals surface area contributed by atoms with E-state index in [1.807, 2.05) is 31.2 Å². The number of amides is 2. The van der Waals surface area contributed by atoms with E-state index in [9.17, 15) is 9.59 Å². The number of hydrogen-bond acceptors (Lipinski definition) is 3. The number of rotatable bonds is 3. The average Bonchev–Trinajstić information content (AvgIpc) is 2.53. The third-order valence-electron chi connectivity index (χ3n) is 2.74. The Balaban J connectivity index is 2.20. The van der Waals surface area contributed by atoms with E-state index < -0.39 is 0 Å². The van der Waals surface area contributed by atoms with Gasteiger partial charge in [-0.15, -0.1) is 0 Å².